The van der Waals surface area contributed by atoms with Crippen molar-refractivity contribution in [3.8, 4) is 0 Å². The van der Waals surface area contributed by atoms with Gasteiger partial charge in [0.1, 0.15) is 11.6 Å². The van der Waals surface area contributed by atoms with Gasteiger partial charge in [0.25, 0.3) is 0 Å². The molecule has 1 N–H and O–H groups in total. The number of rotatable bonds is 5. The number of carbonyl (C=O) groups excluding carboxylic acids is 1. The molecule has 132 valence electrons. The second kappa shape index (κ2) is 8.10. The number of aryl methyl sites for hydroxylation is 1. The van der Waals surface area contributed by atoms with Crippen molar-refractivity contribution in [1.29, 1.82) is 0 Å². The Balaban J connectivity index is 1.61. The largest absolute Gasteiger partial charge is 0.331 e. The summed E-state index contributed by atoms with van der Waals surface area (Å²) < 4.78 is 16.5. The van der Waals surface area contributed by atoms with Crippen LogP contribution in [-0.4, -0.2) is 15.5 Å². The zero-order valence-corrected chi connectivity index (χ0v) is 15.7. The van der Waals surface area contributed by atoms with Gasteiger partial charge in [0.2, 0.25) is 5.91 Å². The van der Waals surface area contributed by atoms with Gasteiger partial charge in [0.15, 0.2) is 0 Å². The standard InChI is InChI=1S/C20H17BrFN3O/c1-14-23-10-11-25(14)13-15-2-6-18(7-3-15)24-20(26)9-4-16-12-17(21)5-8-19(16)22/h2-12H,13H2,1H3,(H,24,26)/b9-4+. The Bertz CT molecular complexity index is 948. The molecule has 0 bridgehead atoms. The summed E-state index contributed by atoms with van der Waals surface area (Å²) in [6, 6.07) is 12.2. The van der Waals surface area contributed by atoms with E-state index in [2.05, 4.69) is 26.2 Å². The number of imidazole rings is 1. The summed E-state index contributed by atoms with van der Waals surface area (Å²) in [6.45, 7) is 2.68. The van der Waals surface area contributed by atoms with Crippen LogP contribution in [0.3, 0.4) is 0 Å². The number of anilines is 1. The molecular formula is C20H17BrFN3O. The molecule has 2 aromatic carbocycles. The van der Waals surface area contributed by atoms with E-state index in [1.165, 1.54) is 18.2 Å². The summed E-state index contributed by atoms with van der Waals surface area (Å²) in [7, 11) is 0. The number of nitrogens with zero attached hydrogens (tertiary/aromatic N) is 2. The fourth-order valence-electron chi connectivity index (χ4n) is 2.45. The molecule has 3 rings (SSSR count). The Kier molecular flexibility index (Phi) is 5.63. The highest BCUT2D eigenvalue weighted by atomic mass is 79.9. The molecule has 0 saturated carbocycles. The first kappa shape index (κ1) is 18.1. The monoisotopic (exact) mass is 413 g/mol. The maximum atomic E-state index is 13.7. The molecular weight excluding hydrogens is 397 g/mol. The first-order chi connectivity index (χ1) is 12.5. The molecule has 0 saturated heterocycles. The molecule has 0 spiro atoms. The normalized spacial score (nSPS) is 11.0. The van der Waals surface area contributed by atoms with Crippen LogP contribution in [0.2, 0.25) is 0 Å². The summed E-state index contributed by atoms with van der Waals surface area (Å²) >= 11 is 3.28. The first-order valence-corrected chi connectivity index (χ1v) is 8.81. The zero-order chi connectivity index (χ0) is 18.5. The Morgan fingerprint density at radius 1 is 1.27 bits per heavy atom. The van der Waals surface area contributed by atoms with E-state index < -0.39 is 0 Å². The van der Waals surface area contributed by atoms with Crippen LogP contribution in [0.5, 0.6) is 0 Å². The number of hydrogen-bond donors (Lipinski definition) is 1. The van der Waals surface area contributed by atoms with Crippen LogP contribution in [0.1, 0.15) is 17.0 Å². The van der Waals surface area contributed by atoms with Crippen molar-refractivity contribution in [3.63, 3.8) is 0 Å². The third-order valence-electron chi connectivity index (χ3n) is 3.87. The highest BCUT2D eigenvalue weighted by Crippen LogP contribution is 2.17. The fourth-order valence-corrected chi connectivity index (χ4v) is 2.83. The lowest BCUT2D eigenvalue weighted by molar-refractivity contribution is -0.111. The summed E-state index contributed by atoms with van der Waals surface area (Å²) in [5.41, 5.74) is 2.14. The summed E-state index contributed by atoms with van der Waals surface area (Å²) in [5.74, 6) is 0.256. The Morgan fingerprint density at radius 3 is 2.73 bits per heavy atom. The fraction of sp³-hybridized carbons (Fsp3) is 0.100. The van der Waals surface area contributed by atoms with Crippen molar-refractivity contribution in [1.82, 2.24) is 9.55 Å². The van der Waals surface area contributed by atoms with E-state index in [-0.39, 0.29) is 11.7 Å². The molecule has 0 unspecified atom stereocenters. The third kappa shape index (κ3) is 4.67. The SMILES string of the molecule is Cc1nccn1Cc1ccc(NC(=O)/C=C/c2cc(Br)ccc2F)cc1. The maximum absolute atomic E-state index is 13.7. The van der Waals surface area contributed by atoms with Crippen molar-refractivity contribution >= 4 is 33.6 Å². The molecule has 0 aliphatic heterocycles. The lowest BCUT2D eigenvalue weighted by atomic mass is 10.2. The van der Waals surface area contributed by atoms with Crippen LogP contribution < -0.4 is 5.32 Å². The summed E-state index contributed by atoms with van der Waals surface area (Å²) in [4.78, 5) is 16.2. The summed E-state index contributed by atoms with van der Waals surface area (Å²) in [5, 5.41) is 2.76. The highest BCUT2D eigenvalue weighted by molar-refractivity contribution is 9.10. The molecule has 1 heterocycles. The minimum Gasteiger partial charge on any atom is -0.331 e. The molecule has 0 fully saturated rings. The molecule has 6 heteroatoms. The van der Waals surface area contributed by atoms with Gasteiger partial charge in [-0.1, -0.05) is 28.1 Å². The van der Waals surface area contributed by atoms with Gasteiger partial charge in [-0.25, -0.2) is 9.37 Å². The van der Waals surface area contributed by atoms with E-state index in [0.717, 1.165) is 22.4 Å². The number of aromatic nitrogens is 2. The van der Waals surface area contributed by atoms with Crippen molar-refractivity contribution in [2.75, 3.05) is 5.32 Å². The van der Waals surface area contributed by atoms with E-state index in [0.29, 0.717) is 11.3 Å². The predicted molar refractivity (Wildman–Crippen MR) is 104 cm³/mol. The minimum absolute atomic E-state index is 0.317. The Labute approximate surface area is 159 Å². The topological polar surface area (TPSA) is 46.9 Å². The Hall–Kier alpha value is -2.73. The number of halogens is 2. The molecule has 0 radical (unpaired) electrons. The second-order valence-electron chi connectivity index (χ2n) is 5.79. The number of nitrogens with one attached hydrogen (secondary N) is 1. The van der Waals surface area contributed by atoms with Gasteiger partial charge in [-0.05, 0) is 48.9 Å². The quantitative estimate of drug-likeness (QED) is 0.610. The average Bonchev–Trinajstić information content (AvgIpc) is 3.02. The van der Waals surface area contributed by atoms with Gasteiger partial charge in [-0.3, -0.25) is 4.79 Å². The summed E-state index contributed by atoms with van der Waals surface area (Å²) in [6.07, 6.45) is 6.46. The average molecular weight is 414 g/mol. The highest BCUT2D eigenvalue weighted by Gasteiger charge is 2.03. The second-order valence-corrected chi connectivity index (χ2v) is 6.70. The van der Waals surface area contributed by atoms with Crippen LogP contribution in [0, 0.1) is 12.7 Å². The van der Waals surface area contributed by atoms with Gasteiger partial charge in [0, 0.05) is 40.7 Å². The van der Waals surface area contributed by atoms with Crippen LogP contribution in [-0.2, 0) is 11.3 Å². The van der Waals surface area contributed by atoms with Crippen LogP contribution >= 0.6 is 15.9 Å². The van der Waals surface area contributed by atoms with E-state index >= 15 is 0 Å². The van der Waals surface area contributed by atoms with Gasteiger partial charge in [-0.2, -0.15) is 0 Å². The lowest BCUT2D eigenvalue weighted by Crippen LogP contribution is -2.08. The van der Waals surface area contributed by atoms with Crippen molar-refractivity contribution < 1.29 is 9.18 Å². The molecule has 1 amide bonds. The lowest BCUT2D eigenvalue weighted by Gasteiger charge is -2.07. The van der Waals surface area contributed by atoms with Crippen molar-refractivity contribution in [2.45, 2.75) is 13.5 Å². The Morgan fingerprint density at radius 2 is 2.04 bits per heavy atom. The molecule has 1 aromatic heterocycles. The molecule has 26 heavy (non-hydrogen) atoms. The third-order valence-corrected chi connectivity index (χ3v) is 4.36. The van der Waals surface area contributed by atoms with Crippen LogP contribution in [0.15, 0.2) is 65.4 Å². The van der Waals surface area contributed by atoms with Gasteiger partial charge in [-0.15, -0.1) is 0 Å². The molecule has 0 aliphatic rings. The number of amides is 1. The van der Waals surface area contributed by atoms with Gasteiger partial charge >= 0.3 is 0 Å². The van der Waals surface area contributed by atoms with Crippen LogP contribution in [0.4, 0.5) is 10.1 Å². The molecule has 4 nitrogen and oxygen atoms in total. The van der Waals surface area contributed by atoms with Crippen LogP contribution in [0.25, 0.3) is 6.08 Å². The minimum atomic E-state index is -0.378. The number of carbonyl (C=O) groups is 1. The zero-order valence-electron chi connectivity index (χ0n) is 14.1. The molecule has 3 aromatic rings. The van der Waals surface area contributed by atoms with Gasteiger partial charge in [0.05, 0.1) is 0 Å². The molecule has 0 aliphatic carbocycles. The number of hydrogen-bond acceptors (Lipinski definition) is 2. The van der Waals surface area contributed by atoms with E-state index in [1.54, 1.807) is 18.3 Å². The van der Waals surface area contributed by atoms with E-state index in [4.69, 9.17) is 0 Å². The molecule has 0 atom stereocenters. The van der Waals surface area contributed by atoms with Crippen molar-refractivity contribution in [3.05, 3.63) is 88.2 Å². The smallest absolute Gasteiger partial charge is 0.248 e. The van der Waals surface area contributed by atoms with E-state index in [1.807, 2.05) is 42.0 Å². The number of benzene rings is 2. The van der Waals surface area contributed by atoms with Gasteiger partial charge < -0.3 is 9.88 Å². The maximum Gasteiger partial charge on any atom is 0.248 e. The van der Waals surface area contributed by atoms with E-state index in [9.17, 15) is 9.18 Å². The predicted octanol–water partition coefficient (Wildman–Crippen LogP) is 4.79. The first-order valence-electron chi connectivity index (χ1n) is 8.02. The van der Waals surface area contributed by atoms with Crippen molar-refractivity contribution in [2.24, 2.45) is 0 Å².